The molecule has 0 saturated carbocycles. The Morgan fingerprint density at radius 1 is 1.03 bits per heavy atom. The van der Waals surface area contributed by atoms with Crippen LogP contribution >= 0.6 is 0 Å². The maximum absolute atomic E-state index is 13.5. The molecule has 6 heteroatoms. The van der Waals surface area contributed by atoms with E-state index >= 15 is 0 Å². The van der Waals surface area contributed by atoms with E-state index in [0.29, 0.717) is 12.3 Å². The lowest BCUT2D eigenvalue weighted by Gasteiger charge is -2.34. The first kappa shape index (κ1) is 19.4. The third kappa shape index (κ3) is 3.19. The number of hydrogen-bond acceptors (Lipinski definition) is 6. The summed E-state index contributed by atoms with van der Waals surface area (Å²) in [6, 6.07) is 15.8. The summed E-state index contributed by atoms with van der Waals surface area (Å²) >= 11 is 0. The smallest absolute Gasteiger partial charge is 0.233 e. The van der Waals surface area contributed by atoms with Crippen LogP contribution in [0.5, 0.6) is 11.5 Å². The zero-order valence-corrected chi connectivity index (χ0v) is 17.8. The Balaban J connectivity index is 1.61. The number of para-hydroxylation sites is 1. The minimum atomic E-state index is -0.266. The minimum absolute atomic E-state index is 0.0912. The topological polar surface area (TPSA) is 73.6 Å². The molecule has 1 N–H and O–H groups in total. The van der Waals surface area contributed by atoms with Crippen LogP contribution in [0.1, 0.15) is 47.1 Å². The summed E-state index contributed by atoms with van der Waals surface area (Å²) in [5.74, 6) is 2.12. The third-order valence-corrected chi connectivity index (χ3v) is 6.30. The number of aryl methyl sites for hydroxylation is 1. The van der Waals surface area contributed by atoms with E-state index in [2.05, 4.69) is 10.5 Å². The van der Waals surface area contributed by atoms with Gasteiger partial charge < -0.3 is 19.3 Å². The van der Waals surface area contributed by atoms with Gasteiger partial charge in [-0.15, -0.1) is 0 Å². The number of fused-ring (bicyclic) bond motifs is 1. The average Bonchev–Trinajstić information content (AvgIpc) is 3.17. The van der Waals surface area contributed by atoms with Crippen LogP contribution in [0.2, 0.25) is 0 Å². The van der Waals surface area contributed by atoms with E-state index in [4.69, 9.17) is 14.0 Å². The lowest BCUT2D eigenvalue weighted by molar-refractivity contribution is -0.116. The Morgan fingerprint density at radius 2 is 1.81 bits per heavy atom. The Kier molecular flexibility index (Phi) is 4.77. The SMILES string of the molecule is COc1ccc(C2CC(=O)C3=C(C2)Nc2onc(C)c2C3c2ccccc2OC)cc1. The highest BCUT2D eigenvalue weighted by Gasteiger charge is 2.42. The number of ketones is 1. The van der Waals surface area contributed by atoms with Crippen molar-refractivity contribution in [3.05, 3.63) is 82.2 Å². The van der Waals surface area contributed by atoms with Gasteiger partial charge in [0.05, 0.1) is 31.4 Å². The van der Waals surface area contributed by atoms with Gasteiger partial charge in [-0.2, -0.15) is 0 Å². The van der Waals surface area contributed by atoms with E-state index in [9.17, 15) is 4.79 Å². The lowest BCUT2D eigenvalue weighted by atomic mass is 9.72. The maximum atomic E-state index is 13.5. The molecule has 0 spiro atoms. The van der Waals surface area contributed by atoms with E-state index < -0.39 is 0 Å². The molecule has 1 aliphatic heterocycles. The van der Waals surface area contributed by atoms with Crippen LogP contribution in [0.3, 0.4) is 0 Å². The normalized spacial score (nSPS) is 20.0. The first-order chi connectivity index (χ1) is 15.1. The van der Waals surface area contributed by atoms with Gasteiger partial charge in [0.1, 0.15) is 11.5 Å². The molecule has 1 aromatic heterocycles. The van der Waals surface area contributed by atoms with E-state index in [1.54, 1.807) is 14.2 Å². The number of nitrogens with one attached hydrogen (secondary N) is 1. The highest BCUT2D eigenvalue weighted by Crippen LogP contribution is 2.50. The van der Waals surface area contributed by atoms with Crippen LogP contribution < -0.4 is 14.8 Å². The molecule has 0 bridgehead atoms. The zero-order chi connectivity index (χ0) is 21.5. The number of Topliss-reactive ketones (excluding diaryl/α,β-unsaturated/α-hetero) is 1. The molecule has 1 aliphatic carbocycles. The van der Waals surface area contributed by atoms with Crippen molar-refractivity contribution < 1.29 is 18.8 Å². The van der Waals surface area contributed by atoms with E-state index in [0.717, 1.165) is 51.6 Å². The summed E-state index contributed by atoms with van der Waals surface area (Å²) in [7, 11) is 3.30. The van der Waals surface area contributed by atoms with Gasteiger partial charge in [0.2, 0.25) is 5.88 Å². The summed E-state index contributed by atoms with van der Waals surface area (Å²) in [6.45, 7) is 1.91. The standard InChI is InChI=1S/C25H24N2O4/c1-14-22-23(18-6-4-5-7-21(18)30-3)24-19(26-25(22)31-27-14)12-16(13-20(24)28)15-8-10-17(29-2)11-9-15/h4-11,16,23,26H,12-13H2,1-3H3. The van der Waals surface area contributed by atoms with Crippen LogP contribution in [0, 0.1) is 6.92 Å². The van der Waals surface area contributed by atoms with Gasteiger partial charge in [0, 0.05) is 23.3 Å². The van der Waals surface area contributed by atoms with Gasteiger partial charge in [0.15, 0.2) is 5.78 Å². The number of ether oxygens (including phenoxy) is 2. The van der Waals surface area contributed by atoms with Crippen LogP contribution in [-0.4, -0.2) is 25.2 Å². The first-order valence-electron chi connectivity index (χ1n) is 10.4. The van der Waals surface area contributed by atoms with Crippen LogP contribution in [0.25, 0.3) is 0 Å². The number of rotatable bonds is 4. The number of nitrogens with zero attached hydrogens (tertiary/aromatic N) is 1. The molecule has 31 heavy (non-hydrogen) atoms. The first-order valence-corrected chi connectivity index (χ1v) is 10.4. The number of allylic oxidation sites excluding steroid dienone is 2. The van der Waals surface area contributed by atoms with Gasteiger partial charge in [0.25, 0.3) is 0 Å². The molecule has 0 saturated heterocycles. The lowest BCUT2D eigenvalue weighted by Crippen LogP contribution is -2.29. The Morgan fingerprint density at radius 3 is 2.55 bits per heavy atom. The molecular formula is C25H24N2O4. The molecule has 3 aromatic rings. The van der Waals surface area contributed by atoms with Crippen molar-refractivity contribution in [3.63, 3.8) is 0 Å². The fourth-order valence-corrected chi connectivity index (χ4v) is 4.80. The number of carbonyl (C=O) groups is 1. The van der Waals surface area contributed by atoms with Gasteiger partial charge in [-0.1, -0.05) is 35.5 Å². The van der Waals surface area contributed by atoms with Gasteiger partial charge in [-0.3, -0.25) is 4.79 Å². The van der Waals surface area contributed by atoms with Gasteiger partial charge in [-0.05, 0) is 43.0 Å². The number of benzene rings is 2. The fraction of sp³-hybridized carbons (Fsp3) is 0.280. The van der Waals surface area contributed by atoms with Gasteiger partial charge >= 0.3 is 0 Å². The molecule has 158 valence electrons. The molecule has 0 fully saturated rings. The quantitative estimate of drug-likeness (QED) is 0.648. The molecule has 2 aromatic carbocycles. The fourth-order valence-electron chi connectivity index (χ4n) is 4.80. The van der Waals surface area contributed by atoms with E-state index in [1.807, 2.05) is 55.5 Å². The van der Waals surface area contributed by atoms with Crippen molar-refractivity contribution in [2.24, 2.45) is 0 Å². The van der Waals surface area contributed by atoms with Crippen LogP contribution in [0.4, 0.5) is 5.88 Å². The largest absolute Gasteiger partial charge is 0.497 e. The highest BCUT2D eigenvalue weighted by molar-refractivity contribution is 6.01. The second-order valence-electron chi connectivity index (χ2n) is 8.00. The second-order valence-corrected chi connectivity index (χ2v) is 8.00. The Bertz CT molecular complexity index is 1180. The predicted molar refractivity (Wildman–Crippen MR) is 117 cm³/mol. The summed E-state index contributed by atoms with van der Waals surface area (Å²) in [6.07, 6.45) is 1.18. The molecule has 2 aliphatic rings. The van der Waals surface area contributed by atoms with Crippen LogP contribution in [-0.2, 0) is 4.79 Å². The van der Waals surface area contributed by atoms with Crippen molar-refractivity contribution in [2.45, 2.75) is 31.6 Å². The number of hydrogen-bond donors (Lipinski definition) is 1. The maximum Gasteiger partial charge on any atom is 0.233 e. The number of anilines is 1. The number of aromatic nitrogens is 1. The highest BCUT2D eigenvalue weighted by atomic mass is 16.5. The van der Waals surface area contributed by atoms with Crippen molar-refractivity contribution in [3.8, 4) is 11.5 Å². The number of methoxy groups -OCH3 is 2. The van der Waals surface area contributed by atoms with Gasteiger partial charge in [-0.25, -0.2) is 0 Å². The van der Waals surface area contributed by atoms with Crippen LogP contribution in [0.15, 0.2) is 64.3 Å². The molecular weight excluding hydrogens is 392 g/mol. The Labute approximate surface area is 180 Å². The molecule has 2 unspecified atom stereocenters. The summed E-state index contributed by atoms with van der Waals surface area (Å²) in [4.78, 5) is 13.5. The summed E-state index contributed by atoms with van der Waals surface area (Å²) < 4.78 is 16.5. The van der Waals surface area contributed by atoms with E-state index in [1.165, 1.54) is 0 Å². The van der Waals surface area contributed by atoms with Crippen molar-refractivity contribution in [1.82, 2.24) is 5.16 Å². The minimum Gasteiger partial charge on any atom is -0.497 e. The Hall–Kier alpha value is -3.54. The second kappa shape index (κ2) is 7.61. The van der Waals surface area contributed by atoms with Crippen molar-refractivity contribution in [1.29, 1.82) is 0 Å². The van der Waals surface area contributed by atoms with Crippen molar-refractivity contribution >= 4 is 11.7 Å². The predicted octanol–water partition coefficient (Wildman–Crippen LogP) is 4.96. The van der Waals surface area contributed by atoms with E-state index in [-0.39, 0.29) is 17.6 Å². The monoisotopic (exact) mass is 416 g/mol. The third-order valence-electron chi connectivity index (χ3n) is 6.30. The molecule has 6 nitrogen and oxygen atoms in total. The summed E-state index contributed by atoms with van der Waals surface area (Å²) in [5.41, 5.74) is 5.43. The molecule has 2 heterocycles. The number of carbonyl (C=O) groups excluding carboxylic acids is 1. The molecule has 2 atom stereocenters. The average molecular weight is 416 g/mol. The summed E-state index contributed by atoms with van der Waals surface area (Å²) in [5, 5.41) is 7.55. The molecule has 0 amide bonds. The zero-order valence-electron chi connectivity index (χ0n) is 17.8. The molecule has 0 radical (unpaired) electrons. The molecule has 5 rings (SSSR count). The van der Waals surface area contributed by atoms with Crippen molar-refractivity contribution in [2.75, 3.05) is 19.5 Å².